The number of urea groups is 1. The number of ether oxygens (including phenoxy) is 2. The summed E-state index contributed by atoms with van der Waals surface area (Å²) in [6.45, 7) is 6.30. The van der Waals surface area contributed by atoms with Crippen molar-refractivity contribution in [2.45, 2.75) is 26.6 Å². The van der Waals surface area contributed by atoms with E-state index >= 15 is 0 Å². The van der Waals surface area contributed by atoms with Gasteiger partial charge in [-0.15, -0.1) is 0 Å². The molecule has 1 fully saturated rings. The molecule has 0 bridgehead atoms. The van der Waals surface area contributed by atoms with E-state index in [4.69, 9.17) is 14.0 Å². The van der Waals surface area contributed by atoms with Crippen LogP contribution in [0.2, 0.25) is 0 Å². The third kappa shape index (κ3) is 4.51. The van der Waals surface area contributed by atoms with Crippen LogP contribution in [-0.4, -0.2) is 53.9 Å². The van der Waals surface area contributed by atoms with Crippen LogP contribution in [0, 0.1) is 5.92 Å². The summed E-state index contributed by atoms with van der Waals surface area (Å²) in [5.74, 6) is 2.14. The number of carbonyl (C=O) groups excluding carboxylic acids is 1. The van der Waals surface area contributed by atoms with Crippen molar-refractivity contribution in [3.63, 3.8) is 0 Å². The summed E-state index contributed by atoms with van der Waals surface area (Å²) < 4.78 is 15.9. The van der Waals surface area contributed by atoms with Gasteiger partial charge in [-0.3, -0.25) is 0 Å². The monoisotopic (exact) mass is 360 g/mol. The lowest BCUT2D eigenvalue weighted by molar-refractivity contribution is 0.0443. The molecule has 0 spiro atoms. The predicted octanol–water partition coefficient (Wildman–Crippen LogP) is 2.31. The molecule has 1 aromatic carbocycles. The maximum absolute atomic E-state index is 11.9. The highest BCUT2D eigenvalue weighted by Gasteiger charge is 2.32. The first kappa shape index (κ1) is 18.2. The molecule has 1 N–H and O–H groups in total. The molecule has 26 heavy (non-hydrogen) atoms. The molecule has 2 aromatic rings. The Hall–Kier alpha value is -2.61. The molecule has 0 atom stereocenters. The van der Waals surface area contributed by atoms with Crippen LogP contribution in [0.5, 0.6) is 5.75 Å². The summed E-state index contributed by atoms with van der Waals surface area (Å²) in [7, 11) is 1.57. The Bertz CT molecular complexity index is 723. The number of hydrogen-bond acceptors (Lipinski definition) is 6. The number of methoxy groups -OCH3 is 1. The summed E-state index contributed by atoms with van der Waals surface area (Å²) in [4.78, 5) is 17.9. The maximum Gasteiger partial charge on any atom is 0.317 e. The van der Waals surface area contributed by atoms with Crippen molar-refractivity contribution in [1.29, 1.82) is 0 Å². The molecule has 8 heteroatoms. The standard InChI is InChI=1S/C18H24N4O4/c1-12(2)8-19-18(23)22-9-15(10-22)25-14-6-4-13(5-7-14)17-20-16(11-24-3)26-21-17/h4-7,12,15H,8-11H2,1-3H3,(H,19,23). The highest BCUT2D eigenvalue weighted by molar-refractivity contribution is 5.75. The molecule has 1 aromatic heterocycles. The first-order valence-corrected chi connectivity index (χ1v) is 8.66. The molecule has 8 nitrogen and oxygen atoms in total. The lowest BCUT2D eigenvalue weighted by atomic mass is 10.1. The minimum Gasteiger partial charge on any atom is -0.487 e. The molecular formula is C18H24N4O4. The summed E-state index contributed by atoms with van der Waals surface area (Å²) in [6.07, 6.45) is 0.0177. The van der Waals surface area contributed by atoms with Crippen molar-refractivity contribution < 1.29 is 18.8 Å². The molecular weight excluding hydrogens is 336 g/mol. The van der Waals surface area contributed by atoms with E-state index in [1.54, 1.807) is 12.0 Å². The predicted molar refractivity (Wildman–Crippen MR) is 94.7 cm³/mol. The second kappa shape index (κ2) is 8.18. The molecule has 0 radical (unpaired) electrons. The van der Waals surface area contributed by atoms with E-state index in [0.717, 1.165) is 11.3 Å². The van der Waals surface area contributed by atoms with Gasteiger partial charge in [0, 0.05) is 19.2 Å². The number of benzene rings is 1. The van der Waals surface area contributed by atoms with Crippen molar-refractivity contribution in [1.82, 2.24) is 20.4 Å². The number of carbonyl (C=O) groups is 1. The average Bonchev–Trinajstić information content (AvgIpc) is 3.05. The zero-order valence-corrected chi connectivity index (χ0v) is 15.3. The zero-order chi connectivity index (χ0) is 18.5. The highest BCUT2D eigenvalue weighted by atomic mass is 16.5. The summed E-state index contributed by atoms with van der Waals surface area (Å²) >= 11 is 0. The minimum atomic E-state index is -0.0298. The zero-order valence-electron chi connectivity index (χ0n) is 15.3. The summed E-state index contributed by atoms with van der Waals surface area (Å²) in [6, 6.07) is 7.45. The Morgan fingerprint density at radius 1 is 1.35 bits per heavy atom. The van der Waals surface area contributed by atoms with Gasteiger partial charge in [-0.2, -0.15) is 4.98 Å². The van der Waals surface area contributed by atoms with E-state index in [1.807, 2.05) is 24.3 Å². The lowest BCUT2D eigenvalue weighted by Crippen LogP contribution is -2.59. The number of likely N-dealkylation sites (tertiary alicyclic amines) is 1. The van der Waals surface area contributed by atoms with Gasteiger partial charge < -0.3 is 24.2 Å². The number of hydrogen-bond donors (Lipinski definition) is 1. The lowest BCUT2D eigenvalue weighted by Gasteiger charge is -2.38. The fourth-order valence-electron chi connectivity index (χ4n) is 2.51. The molecule has 3 rings (SSSR count). The van der Waals surface area contributed by atoms with Crippen LogP contribution in [0.15, 0.2) is 28.8 Å². The molecule has 1 aliphatic rings. The van der Waals surface area contributed by atoms with Gasteiger partial charge in [-0.05, 0) is 30.2 Å². The Morgan fingerprint density at radius 3 is 2.73 bits per heavy atom. The van der Waals surface area contributed by atoms with Crippen molar-refractivity contribution in [3.8, 4) is 17.1 Å². The fraction of sp³-hybridized carbons (Fsp3) is 0.500. The number of aromatic nitrogens is 2. The van der Waals surface area contributed by atoms with E-state index in [1.165, 1.54) is 0 Å². The number of nitrogens with zero attached hydrogens (tertiary/aromatic N) is 3. The number of rotatable bonds is 7. The maximum atomic E-state index is 11.9. The minimum absolute atomic E-state index is 0.0177. The fourth-order valence-corrected chi connectivity index (χ4v) is 2.51. The largest absolute Gasteiger partial charge is 0.487 e. The summed E-state index contributed by atoms with van der Waals surface area (Å²) in [5, 5.41) is 6.83. The first-order valence-electron chi connectivity index (χ1n) is 8.66. The smallest absolute Gasteiger partial charge is 0.317 e. The van der Waals surface area contributed by atoms with Crippen molar-refractivity contribution >= 4 is 6.03 Å². The molecule has 0 unspecified atom stereocenters. The topological polar surface area (TPSA) is 89.7 Å². The van der Waals surface area contributed by atoms with Crippen LogP contribution in [0.25, 0.3) is 11.4 Å². The Labute approximate surface area is 152 Å². The Balaban J connectivity index is 1.47. The average molecular weight is 360 g/mol. The second-order valence-corrected chi connectivity index (χ2v) is 6.69. The molecule has 2 heterocycles. The Kier molecular flexibility index (Phi) is 5.72. The van der Waals surface area contributed by atoms with Crippen LogP contribution >= 0.6 is 0 Å². The summed E-state index contributed by atoms with van der Waals surface area (Å²) in [5.41, 5.74) is 0.840. The van der Waals surface area contributed by atoms with Gasteiger partial charge in [0.1, 0.15) is 18.5 Å². The van der Waals surface area contributed by atoms with Crippen LogP contribution in [0.4, 0.5) is 4.79 Å². The van der Waals surface area contributed by atoms with Crippen LogP contribution in [-0.2, 0) is 11.3 Å². The molecule has 1 aliphatic heterocycles. The normalized spacial score (nSPS) is 14.4. The molecule has 140 valence electrons. The van der Waals surface area contributed by atoms with Crippen molar-refractivity contribution in [2.75, 3.05) is 26.7 Å². The van der Waals surface area contributed by atoms with Gasteiger partial charge in [0.2, 0.25) is 5.82 Å². The van der Waals surface area contributed by atoms with E-state index in [0.29, 0.717) is 37.3 Å². The van der Waals surface area contributed by atoms with Gasteiger partial charge in [-0.1, -0.05) is 19.0 Å². The SMILES string of the molecule is COCc1nc(-c2ccc(OC3CN(C(=O)NCC(C)C)C3)cc2)no1. The molecule has 0 saturated carbocycles. The van der Waals surface area contributed by atoms with Crippen LogP contribution in [0.3, 0.4) is 0 Å². The van der Waals surface area contributed by atoms with Gasteiger partial charge in [0.15, 0.2) is 0 Å². The van der Waals surface area contributed by atoms with Crippen LogP contribution < -0.4 is 10.1 Å². The first-order chi connectivity index (χ1) is 12.5. The number of amides is 2. The van der Waals surface area contributed by atoms with Crippen molar-refractivity contribution in [3.05, 3.63) is 30.2 Å². The molecule has 1 saturated heterocycles. The third-order valence-electron chi connectivity index (χ3n) is 3.95. The van der Waals surface area contributed by atoms with E-state index < -0.39 is 0 Å². The highest BCUT2D eigenvalue weighted by Crippen LogP contribution is 2.23. The van der Waals surface area contributed by atoms with Gasteiger partial charge >= 0.3 is 6.03 Å². The quantitative estimate of drug-likeness (QED) is 0.815. The van der Waals surface area contributed by atoms with Crippen LogP contribution in [0.1, 0.15) is 19.7 Å². The van der Waals surface area contributed by atoms with Crippen molar-refractivity contribution in [2.24, 2.45) is 5.92 Å². The molecule has 2 amide bonds. The van der Waals surface area contributed by atoms with Gasteiger partial charge in [0.05, 0.1) is 13.1 Å². The second-order valence-electron chi connectivity index (χ2n) is 6.69. The third-order valence-corrected chi connectivity index (χ3v) is 3.95. The van der Waals surface area contributed by atoms with E-state index in [9.17, 15) is 4.79 Å². The molecule has 0 aliphatic carbocycles. The van der Waals surface area contributed by atoms with E-state index in [-0.39, 0.29) is 18.7 Å². The van der Waals surface area contributed by atoms with E-state index in [2.05, 4.69) is 29.3 Å². The number of nitrogens with one attached hydrogen (secondary N) is 1. The van der Waals surface area contributed by atoms with Gasteiger partial charge in [-0.25, -0.2) is 4.79 Å². The van der Waals surface area contributed by atoms with Gasteiger partial charge in [0.25, 0.3) is 5.89 Å². The Morgan fingerprint density at radius 2 is 2.08 bits per heavy atom.